The van der Waals surface area contributed by atoms with E-state index in [4.69, 9.17) is 4.42 Å². The normalized spacial score (nSPS) is 18.8. The first kappa shape index (κ1) is 19.0. The Hall–Kier alpha value is -3.30. The molecule has 3 heterocycles. The zero-order valence-corrected chi connectivity index (χ0v) is 14.9. The number of hydrogen-bond acceptors (Lipinski definition) is 4. The van der Waals surface area contributed by atoms with E-state index in [1.54, 1.807) is 12.1 Å². The standard InChI is InChI=1S/C19H16F4N4O2/c20-12-5-3-11(4-6-12)10-24-18(28)14-9-17-25-13(15-2-1-7-29-15)8-16(19(21,22)23)27(17)26-14/h1-7,9,13,16,25H,8,10H2,(H,24,28). The van der Waals surface area contributed by atoms with Gasteiger partial charge in [-0.05, 0) is 29.8 Å². The van der Waals surface area contributed by atoms with Gasteiger partial charge in [0, 0.05) is 19.0 Å². The minimum absolute atomic E-state index is 0.0758. The highest BCUT2D eigenvalue weighted by Crippen LogP contribution is 2.43. The summed E-state index contributed by atoms with van der Waals surface area (Å²) in [5.41, 5.74) is 0.497. The summed E-state index contributed by atoms with van der Waals surface area (Å²) in [4.78, 5) is 12.4. The number of hydrogen-bond donors (Lipinski definition) is 2. The van der Waals surface area contributed by atoms with E-state index in [2.05, 4.69) is 15.7 Å². The van der Waals surface area contributed by atoms with Crippen molar-refractivity contribution in [3.63, 3.8) is 0 Å². The summed E-state index contributed by atoms with van der Waals surface area (Å²) in [6.45, 7) is 0.0897. The number of amides is 1. The third-order valence-electron chi connectivity index (χ3n) is 4.68. The second-order valence-electron chi connectivity index (χ2n) is 6.67. The van der Waals surface area contributed by atoms with Crippen LogP contribution in [0.1, 0.15) is 40.3 Å². The molecule has 10 heteroatoms. The maximum absolute atomic E-state index is 13.6. The molecule has 2 aromatic heterocycles. The number of alkyl halides is 3. The minimum atomic E-state index is -4.55. The van der Waals surface area contributed by atoms with Gasteiger partial charge < -0.3 is 15.1 Å². The van der Waals surface area contributed by atoms with Crippen LogP contribution in [0, 0.1) is 5.82 Å². The summed E-state index contributed by atoms with van der Waals surface area (Å²) >= 11 is 0. The molecule has 29 heavy (non-hydrogen) atoms. The Balaban J connectivity index is 1.55. The summed E-state index contributed by atoms with van der Waals surface area (Å²) in [5.74, 6) is -0.591. The van der Waals surface area contributed by atoms with Crippen molar-refractivity contribution in [3.8, 4) is 0 Å². The highest BCUT2D eigenvalue weighted by molar-refractivity contribution is 5.93. The zero-order valence-electron chi connectivity index (χ0n) is 14.9. The SMILES string of the molecule is O=C(NCc1ccc(F)cc1)c1cc2n(n1)C(C(F)(F)F)CC(c1ccco1)N2. The second kappa shape index (κ2) is 7.26. The molecule has 1 amide bonds. The monoisotopic (exact) mass is 408 g/mol. The predicted molar refractivity (Wildman–Crippen MR) is 94.6 cm³/mol. The van der Waals surface area contributed by atoms with Gasteiger partial charge in [0.2, 0.25) is 0 Å². The van der Waals surface area contributed by atoms with E-state index in [1.165, 1.54) is 36.6 Å². The zero-order chi connectivity index (χ0) is 20.6. The van der Waals surface area contributed by atoms with Crippen LogP contribution in [-0.2, 0) is 6.54 Å². The topological polar surface area (TPSA) is 72.1 Å². The Morgan fingerprint density at radius 2 is 2.03 bits per heavy atom. The van der Waals surface area contributed by atoms with Gasteiger partial charge in [-0.1, -0.05) is 12.1 Å². The Kier molecular flexibility index (Phi) is 4.77. The first-order valence-corrected chi connectivity index (χ1v) is 8.80. The summed E-state index contributed by atoms with van der Waals surface area (Å²) in [6, 6.07) is 7.38. The van der Waals surface area contributed by atoms with E-state index in [9.17, 15) is 22.4 Å². The van der Waals surface area contributed by atoms with Crippen molar-refractivity contribution in [3.05, 3.63) is 71.6 Å². The molecule has 0 aliphatic carbocycles. The number of halogens is 4. The molecule has 2 unspecified atom stereocenters. The fraction of sp³-hybridized carbons (Fsp3) is 0.263. The summed E-state index contributed by atoms with van der Waals surface area (Å²) in [7, 11) is 0. The number of fused-ring (bicyclic) bond motifs is 1. The van der Waals surface area contributed by atoms with Crippen LogP contribution in [0.15, 0.2) is 53.1 Å². The van der Waals surface area contributed by atoms with E-state index in [-0.39, 0.29) is 24.5 Å². The van der Waals surface area contributed by atoms with Crippen molar-refractivity contribution < 1.29 is 26.8 Å². The summed E-state index contributed by atoms with van der Waals surface area (Å²) < 4.78 is 59.8. The average Bonchev–Trinajstić information content (AvgIpc) is 3.35. The number of benzene rings is 1. The van der Waals surface area contributed by atoms with Crippen LogP contribution in [0.2, 0.25) is 0 Å². The fourth-order valence-corrected chi connectivity index (χ4v) is 3.24. The van der Waals surface area contributed by atoms with Gasteiger partial charge in [-0.3, -0.25) is 4.79 Å². The number of carbonyl (C=O) groups is 1. The van der Waals surface area contributed by atoms with Crippen molar-refractivity contribution in [1.82, 2.24) is 15.1 Å². The van der Waals surface area contributed by atoms with Crippen LogP contribution in [0.25, 0.3) is 0 Å². The Morgan fingerprint density at radius 3 is 2.69 bits per heavy atom. The van der Waals surface area contributed by atoms with E-state index in [0.29, 0.717) is 11.3 Å². The lowest BCUT2D eigenvalue weighted by Crippen LogP contribution is -2.35. The van der Waals surface area contributed by atoms with Crippen LogP contribution in [0.4, 0.5) is 23.4 Å². The molecule has 0 radical (unpaired) electrons. The molecule has 1 aromatic carbocycles. The minimum Gasteiger partial charge on any atom is -0.467 e. The van der Waals surface area contributed by atoms with Gasteiger partial charge in [0.1, 0.15) is 17.4 Å². The summed E-state index contributed by atoms with van der Waals surface area (Å²) in [5, 5.41) is 9.39. The highest BCUT2D eigenvalue weighted by atomic mass is 19.4. The molecule has 0 saturated carbocycles. The molecule has 6 nitrogen and oxygen atoms in total. The molecule has 0 saturated heterocycles. The maximum atomic E-state index is 13.6. The molecule has 0 spiro atoms. The van der Waals surface area contributed by atoms with Crippen molar-refractivity contribution in [1.29, 1.82) is 0 Å². The van der Waals surface area contributed by atoms with Crippen LogP contribution in [0.3, 0.4) is 0 Å². The van der Waals surface area contributed by atoms with E-state index < -0.39 is 30.0 Å². The fourth-order valence-electron chi connectivity index (χ4n) is 3.24. The largest absolute Gasteiger partial charge is 0.467 e. The Morgan fingerprint density at radius 1 is 1.28 bits per heavy atom. The lowest BCUT2D eigenvalue weighted by atomic mass is 10.0. The predicted octanol–water partition coefficient (Wildman–Crippen LogP) is 4.21. The molecule has 3 aromatic rings. The smallest absolute Gasteiger partial charge is 0.410 e. The molecule has 4 rings (SSSR count). The van der Waals surface area contributed by atoms with Crippen LogP contribution in [-0.4, -0.2) is 21.9 Å². The van der Waals surface area contributed by atoms with Gasteiger partial charge in [0.05, 0.1) is 12.3 Å². The van der Waals surface area contributed by atoms with E-state index in [1.807, 2.05) is 0 Å². The number of nitrogens with one attached hydrogen (secondary N) is 2. The van der Waals surface area contributed by atoms with E-state index >= 15 is 0 Å². The van der Waals surface area contributed by atoms with Crippen molar-refractivity contribution in [2.24, 2.45) is 0 Å². The number of carbonyl (C=O) groups excluding carboxylic acids is 1. The van der Waals surface area contributed by atoms with Crippen LogP contribution < -0.4 is 10.6 Å². The molecule has 1 aliphatic heterocycles. The molecule has 0 fully saturated rings. The van der Waals surface area contributed by atoms with Gasteiger partial charge in [-0.15, -0.1) is 0 Å². The number of nitrogens with zero attached hydrogens (tertiary/aromatic N) is 2. The summed E-state index contributed by atoms with van der Waals surface area (Å²) in [6.07, 6.45) is -3.47. The first-order valence-electron chi connectivity index (χ1n) is 8.80. The highest BCUT2D eigenvalue weighted by Gasteiger charge is 2.47. The third kappa shape index (κ3) is 3.96. The van der Waals surface area contributed by atoms with Gasteiger partial charge >= 0.3 is 6.18 Å². The molecule has 0 bridgehead atoms. The number of anilines is 1. The van der Waals surface area contributed by atoms with Gasteiger partial charge in [0.15, 0.2) is 11.7 Å². The van der Waals surface area contributed by atoms with Crippen molar-refractivity contribution in [2.45, 2.75) is 31.2 Å². The Bertz CT molecular complexity index is 996. The maximum Gasteiger partial charge on any atom is 0.410 e. The molecular formula is C19H16F4N4O2. The average molecular weight is 408 g/mol. The molecular weight excluding hydrogens is 392 g/mol. The number of furan rings is 1. The lowest BCUT2D eigenvalue weighted by Gasteiger charge is -2.32. The van der Waals surface area contributed by atoms with E-state index in [0.717, 1.165) is 4.68 Å². The molecule has 2 N–H and O–H groups in total. The molecule has 2 atom stereocenters. The van der Waals surface area contributed by atoms with Gasteiger partial charge in [0.25, 0.3) is 5.91 Å². The van der Waals surface area contributed by atoms with Crippen LogP contribution >= 0.6 is 0 Å². The van der Waals surface area contributed by atoms with Gasteiger partial charge in [-0.2, -0.15) is 18.3 Å². The third-order valence-corrected chi connectivity index (χ3v) is 4.68. The molecule has 152 valence electrons. The first-order chi connectivity index (χ1) is 13.8. The quantitative estimate of drug-likeness (QED) is 0.635. The number of aromatic nitrogens is 2. The van der Waals surface area contributed by atoms with Crippen molar-refractivity contribution in [2.75, 3.05) is 5.32 Å². The Labute approximate surface area is 162 Å². The van der Waals surface area contributed by atoms with Crippen LogP contribution in [0.5, 0.6) is 0 Å². The van der Waals surface area contributed by atoms with Gasteiger partial charge in [-0.25, -0.2) is 9.07 Å². The lowest BCUT2D eigenvalue weighted by molar-refractivity contribution is -0.174. The number of rotatable bonds is 4. The second-order valence-corrected chi connectivity index (χ2v) is 6.67. The molecule has 1 aliphatic rings. The van der Waals surface area contributed by atoms with Crippen molar-refractivity contribution >= 4 is 11.7 Å².